The molecule has 0 aliphatic carbocycles. The van der Waals surface area contributed by atoms with Gasteiger partial charge < -0.3 is 10.4 Å². The summed E-state index contributed by atoms with van der Waals surface area (Å²) in [5, 5.41) is 11.8. The molecular formula is C10H8ClN3O2S. The van der Waals surface area contributed by atoms with Gasteiger partial charge >= 0.3 is 5.97 Å². The van der Waals surface area contributed by atoms with Crippen LogP contribution in [0, 0.1) is 0 Å². The van der Waals surface area contributed by atoms with Gasteiger partial charge in [0.15, 0.2) is 11.5 Å². The van der Waals surface area contributed by atoms with Gasteiger partial charge in [-0.25, -0.2) is 14.8 Å². The molecule has 0 atom stereocenters. The van der Waals surface area contributed by atoms with Gasteiger partial charge in [0.05, 0.1) is 10.9 Å². The van der Waals surface area contributed by atoms with Crippen molar-refractivity contribution < 1.29 is 9.90 Å². The fourth-order valence-electron chi connectivity index (χ4n) is 1.24. The van der Waals surface area contributed by atoms with E-state index >= 15 is 0 Å². The number of aromatic nitrogens is 2. The number of aromatic carboxylic acids is 1. The van der Waals surface area contributed by atoms with Gasteiger partial charge in [0, 0.05) is 17.3 Å². The Kier molecular flexibility index (Phi) is 3.55. The molecule has 0 amide bonds. The maximum absolute atomic E-state index is 10.9. The lowest BCUT2D eigenvalue weighted by Gasteiger charge is -2.05. The van der Waals surface area contributed by atoms with Gasteiger partial charge in [0.25, 0.3) is 0 Å². The Hall–Kier alpha value is -1.66. The summed E-state index contributed by atoms with van der Waals surface area (Å²) in [7, 11) is 0. The molecule has 2 aromatic heterocycles. The van der Waals surface area contributed by atoms with E-state index in [4.69, 9.17) is 16.7 Å². The molecule has 2 rings (SSSR count). The number of halogens is 1. The largest absolute Gasteiger partial charge is 0.476 e. The minimum atomic E-state index is -1.11. The third-order valence-electron chi connectivity index (χ3n) is 1.96. The van der Waals surface area contributed by atoms with E-state index in [1.54, 1.807) is 6.07 Å². The zero-order chi connectivity index (χ0) is 12.3. The van der Waals surface area contributed by atoms with Gasteiger partial charge in [-0.05, 0) is 12.1 Å². The molecule has 2 heterocycles. The van der Waals surface area contributed by atoms with E-state index in [0.717, 1.165) is 4.88 Å². The minimum absolute atomic E-state index is 0.0878. The number of carbonyl (C=O) groups is 1. The van der Waals surface area contributed by atoms with Gasteiger partial charge in [-0.15, -0.1) is 11.3 Å². The number of thiophene rings is 1. The second-order valence-corrected chi connectivity index (χ2v) is 4.92. The molecule has 0 aromatic carbocycles. The smallest absolute Gasteiger partial charge is 0.358 e. The van der Waals surface area contributed by atoms with E-state index in [2.05, 4.69) is 15.3 Å². The first-order chi connectivity index (χ1) is 8.16. The van der Waals surface area contributed by atoms with Crippen LogP contribution in [0.5, 0.6) is 0 Å². The molecule has 0 spiro atoms. The lowest BCUT2D eigenvalue weighted by molar-refractivity contribution is 0.0691. The molecule has 7 heteroatoms. The SMILES string of the molecule is O=C(O)c1nccnc1NCc1ccc(Cl)s1. The highest BCUT2D eigenvalue weighted by atomic mass is 35.5. The molecule has 2 aromatic rings. The fourth-order valence-corrected chi connectivity index (χ4v) is 2.27. The van der Waals surface area contributed by atoms with Crippen LogP contribution >= 0.6 is 22.9 Å². The molecule has 5 nitrogen and oxygen atoms in total. The van der Waals surface area contributed by atoms with E-state index in [0.29, 0.717) is 10.9 Å². The van der Waals surface area contributed by atoms with Crippen molar-refractivity contribution in [3.05, 3.63) is 39.4 Å². The van der Waals surface area contributed by atoms with Crippen molar-refractivity contribution in [2.45, 2.75) is 6.54 Å². The first kappa shape index (κ1) is 11.8. The number of anilines is 1. The number of nitrogens with one attached hydrogen (secondary N) is 1. The van der Waals surface area contributed by atoms with Gasteiger partial charge in [-0.3, -0.25) is 0 Å². The minimum Gasteiger partial charge on any atom is -0.476 e. The van der Waals surface area contributed by atoms with E-state index in [1.165, 1.54) is 23.7 Å². The number of rotatable bonds is 4. The first-order valence-electron chi connectivity index (χ1n) is 4.69. The molecule has 0 radical (unpaired) electrons. The van der Waals surface area contributed by atoms with Crippen LogP contribution in [-0.2, 0) is 6.54 Å². The van der Waals surface area contributed by atoms with Gasteiger partial charge in [0.2, 0.25) is 0 Å². The zero-order valence-electron chi connectivity index (χ0n) is 8.55. The third-order valence-corrected chi connectivity index (χ3v) is 3.19. The van der Waals surface area contributed by atoms with Crippen LogP contribution in [0.2, 0.25) is 4.34 Å². The summed E-state index contributed by atoms with van der Waals surface area (Å²) in [6, 6.07) is 3.66. The molecule has 0 aliphatic rings. The number of carboxylic acid groups (broad SMARTS) is 1. The summed E-state index contributed by atoms with van der Waals surface area (Å²) >= 11 is 7.22. The van der Waals surface area contributed by atoms with E-state index in [1.807, 2.05) is 6.07 Å². The number of hydrogen-bond donors (Lipinski definition) is 2. The molecule has 2 N–H and O–H groups in total. The topological polar surface area (TPSA) is 75.1 Å². The van der Waals surface area contributed by atoms with Crippen molar-refractivity contribution >= 4 is 34.7 Å². The quantitative estimate of drug-likeness (QED) is 0.892. The van der Waals surface area contributed by atoms with Crippen molar-refractivity contribution in [3.63, 3.8) is 0 Å². The van der Waals surface area contributed by atoms with E-state index < -0.39 is 5.97 Å². The molecule has 0 saturated carbocycles. The summed E-state index contributed by atoms with van der Waals surface area (Å²) in [4.78, 5) is 19.6. The number of hydrogen-bond acceptors (Lipinski definition) is 5. The van der Waals surface area contributed by atoms with Gasteiger partial charge in [-0.2, -0.15) is 0 Å². The van der Waals surface area contributed by atoms with Crippen LogP contribution in [-0.4, -0.2) is 21.0 Å². The molecule has 0 fully saturated rings. The summed E-state index contributed by atoms with van der Waals surface area (Å²) in [6.07, 6.45) is 2.78. The van der Waals surface area contributed by atoms with Gasteiger partial charge in [-0.1, -0.05) is 11.6 Å². The summed E-state index contributed by atoms with van der Waals surface area (Å²) in [6.45, 7) is 0.469. The maximum atomic E-state index is 10.9. The zero-order valence-corrected chi connectivity index (χ0v) is 10.1. The Bertz CT molecular complexity index is 544. The van der Waals surface area contributed by atoms with E-state index in [-0.39, 0.29) is 11.5 Å². The Labute approximate surface area is 106 Å². The molecule has 0 saturated heterocycles. The molecule has 88 valence electrons. The second-order valence-electron chi connectivity index (χ2n) is 3.12. The Morgan fingerprint density at radius 2 is 2.18 bits per heavy atom. The highest BCUT2D eigenvalue weighted by molar-refractivity contribution is 7.16. The molecule has 0 unspecified atom stereocenters. The van der Waals surface area contributed by atoms with Crippen molar-refractivity contribution in [1.82, 2.24) is 9.97 Å². The monoisotopic (exact) mass is 269 g/mol. The normalized spacial score (nSPS) is 10.2. The van der Waals surface area contributed by atoms with Crippen LogP contribution < -0.4 is 5.32 Å². The maximum Gasteiger partial charge on any atom is 0.358 e. The van der Waals surface area contributed by atoms with Crippen LogP contribution in [0.25, 0.3) is 0 Å². The lowest BCUT2D eigenvalue weighted by Crippen LogP contribution is -2.09. The van der Waals surface area contributed by atoms with Crippen molar-refractivity contribution in [3.8, 4) is 0 Å². The predicted octanol–water partition coefficient (Wildman–Crippen LogP) is 2.50. The molecular weight excluding hydrogens is 262 g/mol. The fraction of sp³-hybridized carbons (Fsp3) is 0.100. The van der Waals surface area contributed by atoms with E-state index in [9.17, 15) is 4.79 Å². The third kappa shape index (κ3) is 2.92. The number of nitrogens with zero attached hydrogens (tertiary/aromatic N) is 2. The Morgan fingerprint density at radius 3 is 2.82 bits per heavy atom. The van der Waals surface area contributed by atoms with Crippen LogP contribution in [0.3, 0.4) is 0 Å². The van der Waals surface area contributed by atoms with Gasteiger partial charge in [0.1, 0.15) is 0 Å². The average Bonchev–Trinajstić information content (AvgIpc) is 2.73. The summed E-state index contributed by atoms with van der Waals surface area (Å²) in [5.74, 6) is -0.852. The Balaban J connectivity index is 2.11. The summed E-state index contributed by atoms with van der Waals surface area (Å²) < 4.78 is 0.694. The van der Waals surface area contributed by atoms with Crippen LogP contribution in [0.1, 0.15) is 15.4 Å². The second kappa shape index (κ2) is 5.11. The van der Waals surface area contributed by atoms with Crippen LogP contribution in [0.4, 0.5) is 5.82 Å². The highest BCUT2D eigenvalue weighted by Gasteiger charge is 2.12. The lowest BCUT2D eigenvalue weighted by atomic mass is 10.4. The molecule has 0 bridgehead atoms. The molecule has 17 heavy (non-hydrogen) atoms. The van der Waals surface area contributed by atoms with Crippen molar-refractivity contribution in [2.24, 2.45) is 0 Å². The standard InChI is InChI=1S/C10H8ClN3O2S/c11-7-2-1-6(17-7)5-14-9-8(10(15)16)12-3-4-13-9/h1-4H,5H2,(H,13,14)(H,15,16). The first-order valence-corrected chi connectivity index (χ1v) is 5.88. The average molecular weight is 270 g/mol. The van der Waals surface area contributed by atoms with Crippen molar-refractivity contribution in [1.29, 1.82) is 0 Å². The van der Waals surface area contributed by atoms with Crippen LogP contribution in [0.15, 0.2) is 24.5 Å². The Morgan fingerprint density at radius 1 is 1.41 bits per heavy atom. The predicted molar refractivity (Wildman–Crippen MR) is 65.6 cm³/mol. The number of carboxylic acids is 1. The molecule has 0 aliphatic heterocycles. The summed E-state index contributed by atoms with van der Waals surface area (Å²) in [5.41, 5.74) is -0.0878. The highest BCUT2D eigenvalue weighted by Crippen LogP contribution is 2.22. The van der Waals surface area contributed by atoms with Crippen molar-refractivity contribution in [2.75, 3.05) is 5.32 Å².